The number of benzene rings is 2. The largest absolute Gasteiger partial charge is 0.506 e. The van der Waals surface area contributed by atoms with Gasteiger partial charge in [-0.3, -0.25) is 24.7 Å². The van der Waals surface area contributed by atoms with Crippen LogP contribution in [-0.2, 0) is 22.4 Å². The highest BCUT2D eigenvalue weighted by Gasteiger charge is 2.31. The van der Waals surface area contributed by atoms with Crippen LogP contribution < -0.4 is 10.6 Å². The molecule has 1 aliphatic heterocycles. The van der Waals surface area contributed by atoms with Crippen LogP contribution in [0.5, 0.6) is 5.75 Å². The smallest absolute Gasteiger partial charge is 0.286 e. The summed E-state index contributed by atoms with van der Waals surface area (Å²) in [7, 11) is 0. The fourth-order valence-corrected chi connectivity index (χ4v) is 4.03. The predicted octanol–water partition coefficient (Wildman–Crippen LogP) is 3.02. The van der Waals surface area contributed by atoms with Gasteiger partial charge in [-0.2, -0.15) is 0 Å². The molecule has 1 atom stereocenters. The minimum Gasteiger partial charge on any atom is -0.506 e. The molecular weight excluding hydrogens is 390 g/mol. The number of thioether (sulfide) groups is 1. The van der Waals surface area contributed by atoms with Gasteiger partial charge in [0, 0.05) is 11.6 Å². The van der Waals surface area contributed by atoms with Crippen LogP contribution in [0.15, 0.2) is 54.7 Å². The standard InChI is InChI=1S/C21H17N3O4S/c25-17-6-4-13(10-18-20(27)24-21(28)29-18)9-16(17)23-19(26)11-12-3-5-15-14(8-12)2-1-7-22-15/h1-9,18,25H,10-11H2,(H,23,26)(H,24,27,28). The molecule has 0 aliphatic carbocycles. The maximum Gasteiger partial charge on any atom is 0.286 e. The molecule has 0 saturated carbocycles. The van der Waals surface area contributed by atoms with Gasteiger partial charge in [0.25, 0.3) is 5.24 Å². The normalized spacial score (nSPS) is 16.1. The topological polar surface area (TPSA) is 108 Å². The van der Waals surface area contributed by atoms with E-state index in [1.54, 1.807) is 18.3 Å². The third-order valence-electron chi connectivity index (χ3n) is 4.56. The lowest BCUT2D eigenvalue weighted by Gasteiger charge is -2.11. The number of aromatic hydroxyl groups is 1. The lowest BCUT2D eigenvalue weighted by atomic mass is 10.1. The van der Waals surface area contributed by atoms with E-state index in [1.165, 1.54) is 6.07 Å². The van der Waals surface area contributed by atoms with Crippen molar-refractivity contribution in [3.05, 3.63) is 65.9 Å². The summed E-state index contributed by atoms with van der Waals surface area (Å²) in [6, 6.07) is 14.1. The molecule has 0 radical (unpaired) electrons. The van der Waals surface area contributed by atoms with Gasteiger partial charge in [-0.25, -0.2) is 0 Å². The molecule has 3 N–H and O–H groups in total. The molecule has 1 fully saturated rings. The number of carbonyl (C=O) groups is 3. The number of rotatable bonds is 5. The Labute approximate surface area is 170 Å². The number of phenols is 1. The van der Waals surface area contributed by atoms with Gasteiger partial charge in [-0.05, 0) is 47.9 Å². The van der Waals surface area contributed by atoms with Crippen LogP contribution in [0, 0.1) is 0 Å². The first-order chi connectivity index (χ1) is 14.0. The zero-order valence-corrected chi connectivity index (χ0v) is 16.0. The summed E-state index contributed by atoms with van der Waals surface area (Å²) in [5.74, 6) is -0.669. The molecule has 2 heterocycles. The van der Waals surface area contributed by atoms with Crippen LogP contribution in [0.3, 0.4) is 0 Å². The summed E-state index contributed by atoms with van der Waals surface area (Å²) in [4.78, 5) is 39.8. The first-order valence-corrected chi connectivity index (χ1v) is 9.83. The van der Waals surface area contributed by atoms with Gasteiger partial charge in [0.05, 0.1) is 22.9 Å². The molecule has 0 spiro atoms. The zero-order valence-electron chi connectivity index (χ0n) is 15.2. The highest BCUT2D eigenvalue weighted by atomic mass is 32.2. The second kappa shape index (κ2) is 7.92. The average Bonchev–Trinajstić information content (AvgIpc) is 3.01. The van der Waals surface area contributed by atoms with Crippen molar-refractivity contribution >= 4 is 45.4 Å². The number of hydrogen-bond donors (Lipinski definition) is 3. The van der Waals surface area contributed by atoms with Crippen molar-refractivity contribution in [3.63, 3.8) is 0 Å². The second-order valence-corrected chi connectivity index (χ2v) is 7.87. The fourth-order valence-electron chi connectivity index (χ4n) is 3.17. The van der Waals surface area contributed by atoms with Crippen LogP contribution in [0.4, 0.5) is 10.5 Å². The number of fused-ring (bicyclic) bond motifs is 1. The van der Waals surface area contributed by atoms with Crippen molar-refractivity contribution in [2.45, 2.75) is 18.1 Å². The molecule has 29 heavy (non-hydrogen) atoms. The molecule has 0 bridgehead atoms. The summed E-state index contributed by atoms with van der Waals surface area (Å²) in [6.45, 7) is 0. The van der Waals surface area contributed by atoms with E-state index in [0.29, 0.717) is 6.42 Å². The van der Waals surface area contributed by atoms with Gasteiger partial charge in [0.15, 0.2) is 0 Å². The minimum absolute atomic E-state index is 0.0654. The summed E-state index contributed by atoms with van der Waals surface area (Å²) >= 11 is 0.941. The summed E-state index contributed by atoms with van der Waals surface area (Å²) in [6.07, 6.45) is 2.18. The van der Waals surface area contributed by atoms with Gasteiger partial charge in [0.1, 0.15) is 5.75 Å². The summed E-state index contributed by atoms with van der Waals surface area (Å²) in [5, 5.41) is 15.1. The molecular formula is C21H17N3O4S. The lowest BCUT2D eigenvalue weighted by Crippen LogP contribution is -2.25. The molecule has 8 heteroatoms. The summed E-state index contributed by atoms with van der Waals surface area (Å²) < 4.78 is 0. The van der Waals surface area contributed by atoms with Crippen molar-refractivity contribution in [3.8, 4) is 5.75 Å². The summed E-state index contributed by atoms with van der Waals surface area (Å²) in [5.41, 5.74) is 2.69. The number of anilines is 1. The maximum atomic E-state index is 12.5. The van der Waals surface area contributed by atoms with Crippen molar-refractivity contribution in [1.82, 2.24) is 10.3 Å². The molecule has 1 aliphatic rings. The number of phenolic OH excluding ortho intramolecular Hbond substituents is 1. The molecule has 7 nitrogen and oxygen atoms in total. The van der Waals surface area contributed by atoms with Gasteiger partial charge in [-0.15, -0.1) is 0 Å². The highest BCUT2D eigenvalue weighted by molar-refractivity contribution is 8.15. The Morgan fingerprint density at radius 3 is 2.76 bits per heavy atom. The third-order valence-corrected chi connectivity index (χ3v) is 5.54. The molecule has 1 saturated heterocycles. The van der Waals surface area contributed by atoms with Crippen molar-refractivity contribution in [1.29, 1.82) is 0 Å². The first-order valence-electron chi connectivity index (χ1n) is 8.95. The van der Waals surface area contributed by atoms with E-state index < -0.39 is 5.25 Å². The maximum absolute atomic E-state index is 12.5. The number of amides is 3. The molecule has 1 unspecified atom stereocenters. The van der Waals surface area contributed by atoms with Crippen LogP contribution in [0.25, 0.3) is 10.9 Å². The van der Waals surface area contributed by atoms with E-state index >= 15 is 0 Å². The number of nitrogens with one attached hydrogen (secondary N) is 2. The predicted molar refractivity (Wildman–Crippen MR) is 111 cm³/mol. The van der Waals surface area contributed by atoms with Gasteiger partial charge < -0.3 is 10.4 Å². The Kier molecular flexibility index (Phi) is 5.18. The van der Waals surface area contributed by atoms with Gasteiger partial charge >= 0.3 is 0 Å². The Balaban J connectivity index is 1.45. The van der Waals surface area contributed by atoms with E-state index in [1.807, 2.05) is 30.3 Å². The number of pyridine rings is 1. The average molecular weight is 407 g/mol. The Morgan fingerprint density at radius 1 is 1.14 bits per heavy atom. The van der Waals surface area contributed by atoms with Crippen LogP contribution in [-0.4, -0.2) is 32.4 Å². The molecule has 4 rings (SSSR count). The number of hydrogen-bond acceptors (Lipinski definition) is 6. The number of imide groups is 1. The number of carbonyl (C=O) groups excluding carboxylic acids is 3. The van der Waals surface area contributed by atoms with E-state index in [9.17, 15) is 19.5 Å². The Morgan fingerprint density at radius 2 is 1.97 bits per heavy atom. The number of nitrogens with zero attached hydrogens (tertiary/aromatic N) is 1. The molecule has 146 valence electrons. The van der Waals surface area contributed by atoms with Crippen molar-refractivity contribution in [2.75, 3.05) is 5.32 Å². The molecule has 3 aromatic rings. The third kappa shape index (κ3) is 4.38. The van der Waals surface area contributed by atoms with Crippen molar-refractivity contribution in [2.24, 2.45) is 0 Å². The van der Waals surface area contributed by atoms with Crippen LogP contribution in [0.1, 0.15) is 11.1 Å². The first kappa shape index (κ1) is 18.9. The molecule has 2 aromatic carbocycles. The molecule has 1 aromatic heterocycles. The SMILES string of the molecule is O=C(Cc1ccc2ncccc2c1)Nc1cc(CC2SC(=O)NC2=O)ccc1O. The fraction of sp³-hybridized carbons (Fsp3) is 0.143. The van der Waals surface area contributed by atoms with Gasteiger partial charge in [0.2, 0.25) is 11.8 Å². The Hall–Kier alpha value is -3.39. The van der Waals surface area contributed by atoms with E-state index in [0.717, 1.165) is 33.8 Å². The number of aromatic nitrogens is 1. The highest BCUT2D eigenvalue weighted by Crippen LogP contribution is 2.28. The molecule has 3 amide bonds. The van der Waals surface area contributed by atoms with E-state index in [4.69, 9.17) is 0 Å². The lowest BCUT2D eigenvalue weighted by molar-refractivity contribution is -0.119. The second-order valence-electron chi connectivity index (χ2n) is 6.69. The van der Waals surface area contributed by atoms with Crippen molar-refractivity contribution < 1.29 is 19.5 Å². The van der Waals surface area contributed by atoms with Crippen LogP contribution in [0.2, 0.25) is 0 Å². The Bertz CT molecular complexity index is 1130. The zero-order chi connectivity index (χ0) is 20.4. The van der Waals surface area contributed by atoms with E-state index in [-0.39, 0.29) is 34.9 Å². The monoisotopic (exact) mass is 407 g/mol. The minimum atomic E-state index is -0.512. The van der Waals surface area contributed by atoms with Gasteiger partial charge in [-0.1, -0.05) is 30.0 Å². The van der Waals surface area contributed by atoms with E-state index in [2.05, 4.69) is 15.6 Å². The van der Waals surface area contributed by atoms with Crippen LogP contribution >= 0.6 is 11.8 Å². The quantitative estimate of drug-likeness (QED) is 0.561.